The van der Waals surface area contributed by atoms with Gasteiger partial charge < -0.3 is 14.8 Å². The maximum atomic E-state index is 12.7. The second-order valence-electron chi connectivity index (χ2n) is 4.68. The largest absolute Gasteiger partial charge is 0.530 e. The third-order valence-corrected chi connectivity index (χ3v) is 5.19. The number of benzene rings is 1. The summed E-state index contributed by atoms with van der Waals surface area (Å²) in [5.74, 6) is 0. The van der Waals surface area contributed by atoms with Gasteiger partial charge in [0.05, 0.1) is 10.5 Å². The predicted octanol–water partition coefficient (Wildman–Crippen LogP) is 0.355. The molecule has 0 spiro atoms. The van der Waals surface area contributed by atoms with Crippen LogP contribution in [0.15, 0.2) is 29.2 Å². The molecule has 1 aromatic carbocycles. The molecule has 1 aliphatic heterocycles. The predicted molar refractivity (Wildman–Crippen MR) is 67.2 cm³/mol. The number of nitrogens with zero attached hydrogens (tertiary/aromatic N) is 2. The maximum Gasteiger partial charge on any atom is 0.416 e. The van der Waals surface area contributed by atoms with Crippen molar-refractivity contribution >= 4 is 16.1 Å². The zero-order valence-electron chi connectivity index (χ0n) is 11.2. The van der Waals surface area contributed by atoms with Crippen LogP contribution in [-0.4, -0.2) is 49.9 Å². The van der Waals surface area contributed by atoms with E-state index < -0.39 is 32.8 Å². The van der Waals surface area contributed by atoms with Gasteiger partial charge in [-0.05, 0) is 18.2 Å². The van der Waals surface area contributed by atoms with E-state index in [2.05, 4.69) is 0 Å². The van der Waals surface area contributed by atoms with Crippen LogP contribution in [0.1, 0.15) is 5.56 Å². The third-order valence-electron chi connectivity index (χ3n) is 3.30. The number of carbonyl (C=O) groups is 1. The van der Waals surface area contributed by atoms with E-state index in [1.165, 1.54) is 0 Å². The van der Waals surface area contributed by atoms with E-state index in [0.29, 0.717) is 6.07 Å². The Morgan fingerprint density at radius 3 is 2.23 bits per heavy atom. The van der Waals surface area contributed by atoms with Crippen LogP contribution in [0, 0.1) is 0 Å². The molecule has 122 valence electrons. The van der Waals surface area contributed by atoms with E-state index in [0.717, 1.165) is 27.4 Å². The topological polar surface area (TPSA) is 80.8 Å². The van der Waals surface area contributed by atoms with E-state index in [9.17, 15) is 31.5 Å². The summed E-state index contributed by atoms with van der Waals surface area (Å²) in [6, 6.07) is 3.45. The molecule has 0 atom stereocenters. The minimum Gasteiger partial charge on any atom is -0.530 e. The number of hydrogen-bond acceptors (Lipinski definition) is 4. The molecule has 10 heteroatoms. The molecule has 2 rings (SSSR count). The summed E-state index contributed by atoms with van der Waals surface area (Å²) in [5, 5.41) is 10.7. The number of sulfonamides is 1. The van der Waals surface area contributed by atoms with Gasteiger partial charge >= 0.3 is 6.18 Å². The first-order chi connectivity index (χ1) is 10.1. The van der Waals surface area contributed by atoms with Crippen molar-refractivity contribution in [3.63, 3.8) is 0 Å². The second kappa shape index (κ2) is 5.76. The molecule has 0 radical (unpaired) electrons. The summed E-state index contributed by atoms with van der Waals surface area (Å²) in [6.07, 6.45) is -6.05. The molecule has 1 amide bonds. The van der Waals surface area contributed by atoms with Crippen molar-refractivity contribution in [1.29, 1.82) is 0 Å². The fraction of sp³-hybridized carbons (Fsp3) is 0.417. The fourth-order valence-electron chi connectivity index (χ4n) is 2.09. The van der Waals surface area contributed by atoms with Crippen molar-refractivity contribution in [2.45, 2.75) is 11.1 Å². The van der Waals surface area contributed by atoms with Crippen LogP contribution in [-0.2, 0) is 16.2 Å². The van der Waals surface area contributed by atoms with Crippen LogP contribution in [0.5, 0.6) is 0 Å². The fourth-order valence-corrected chi connectivity index (χ4v) is 3.56. The number of carboxylic acid groups (broad SMARTS) is 1. The van der Waals surface area contributed by atoms with Gasteiger partial charge in [-0.1, -0.05) is 6.07 Å². The molecule has 0 bridgehead atoms. The van der Waals surface area contributed by atoms with Crippen molar-refractivity contribution in [1.82, 2.24) is 9.21 Å². The monoisotopic (exact) mass is 337 g/mol. The Labute approximate surface area is 124 Å². The van der Waals surface area contributed by atoms with Crippen LogP contribution >= 0.6 is 0 Å². The summed E-state index contributed by atoms with van der Waals surface area (Å²) in [7, 11) is -4.10. The summed E-state index contributed by atoms with van der Waals surface area (Å²) >= 11 is 0. The molecule has 0 aliphatic carbocycles. The van der Waals surface area contributed by atoms with Crippen LogP contribution in [0.2, 0.25) is 0 Å². The van der Waals surface area contributed by atoms with Crippen LogP contribution < -0.4 is 5.11 Å². The Morgan fingerprint density at radius 2 is 1.73 bits per heavy atom. The number of piperazine rings is 1. The number of halogens is 3. The molecule has 0 unspecified atom stereocenters. The Morgan fingerprint density at radius 1 is 1.14 bits per heavy atom. The van der Waals surface area contributed by atoms with Gasteiger partial charge in [0.15, 0.2) is 0 Å². The molecule has 6 nitrogen and oxygen atoms in total. The summed E-state index contributed by atoms with van der Waals surface area (Å²) in [4.78, 5) is 11.1. The molecule has 1 saturated heterocycles. The summed E-state index contributed by atoms with van der Waals surface area (Å²) in [5.41, 5.74) is -1.05. The van der Waals surface area contributed by atoms with Gasteiger partial charge in [0.2, 0.25) is 10.0 Å². The van der Waals surface area contributed by atoms with E-state index in [4.69, 9.17) is 0 Å². The van der Waals surface area contributed by atoms with E-state index in [-0.39, 0.29) is 26.2 Å². The second-order valence-corrected chi connectivity index (χ2v) is 6.62. The molecule has 0 N–H and O–H groups in total. The highest BCUT2D eigenvalue weighted by Crippen LogP contribution is 2.31. The van der Waals surface area contributed by atoms with Crippen molar-refractivity contribution in [2.75, 3.05) is 26.2 Å². The molecule has 1 aliphatic rings. The highest BCUT2D eigenvalue weighted by molar-refractivity contribution is 7.89. The van der Waals surface area contributed by atoms with Crippen molar-refractivity contribution < 1.29 is 31.5 Å². The number of amides is 1. The van der Waals surface area contributed by atoms with Gasteiger partial charge in [-0.15, -0.1) is 0 Å². The Hall–Kier alpha value is -1.81. The Bertz CT molecular complexity index is 667. The van der Waals surface area contributed by atoms with Crippen LogP contribution in [0.25, 0.3) is 0 Å². The summed E-state index contributed by atoms with van der Waals surface area (Å²) in [6.45, 7) is -0.430. The Balaban J connectivity index is 2.23. The molecular formula is C12H12F3N2O4S-. The highest BCUT2D eigenvalue weighted by Gasteiger charge is 2.33. The van der Waals surface area contributed by atoms with Gasteiger partial charge in [0, 0.05) is 26.2 Å². The average Bonchev–Trinajstić information content (AvgIpc) is 2.46. The molecule has 0 aromatic heterocycles. The van der Waals surface area contributed by atoms with Crippen LogP contribution in [0.3, 0.4) is 0 Å². The van der Waals surface area contributed by atoms with E-state index in [1.54, 1.807) is 0 Å². The lowest BCUT2D eigenvalue weighted by molar-refractivity contribution is -0.266. The highest BCUT2D eigenvalue weighted by atomic mass is 32.2. The molecule has 0 saturated carbocycles. The zero-order valence-corrected chi connectivity index (χ0v) is 12.0. The first-order valence-corrected chi connectivity index (χ1v) is 7.70. The van der Waals surface area contributed by atoms with Crippen molar-refractivity contribution in [2.24, 2.45) is 0 Å². The smallest absolute Gasteiger partial charge is 0.416 e. The molecule has 1 fully saturated rings. The molecule has 1 aromatic rings. The van der Waals surface area contributed by atoms with Gasteiger partial charge in [0.25, 0.3) is 0 Å². The van der Waals surface area contributed by atoms with E-state index in [1.807, 2.05) is 0 Å². The van der Waals surface area contributed by atoms with Crippen LogP contribution in [0.4, 0.5) is 18.0 Å². The van der Waals surface area contributed by atoms with Gasteiger partial charge in [0.1, 0.15) is 6.09 Å². The van der Waals surface area contributed by atoms with Gasteiger partial charge in [-0.2, -0.15) is 17.5 Å². The van der Waals surface area contributed by atoms with E-state index >= 15 is 0 Å². The van der Waals surface area contributed by atoms with Crippen molar-refractivity contribution in [3.8, 4) is 0 Å². The number of hydrogen-bond donors (Lipinski definition) is 0. The van der Waals surface area contributed by atoms with Gasteiger partial charge in [-0.3, -0.25) is 0 Å². The lowest BCUT2D eigenvalue weighted by Gasteiger charge is -2.35. The number of carbonyl (C=O) groups excluding carboxylic acids is 1. The quantitative estimate of drug-likeness (QED) is 0.780. The maximum absolute atomic E-state index is 12.7. The zero-order chi connectivity index (χ0) is 16.5. The minimum atomic E-state index is -4.64. The number of alkyl halides is 3. The minimum absolute atomic E-state index is 0.0828. The lowest BCUT2D eigenvalue weighted by Crippen LogP contribution is -2.53. The van der Waals surface area contributed by atoms with Gasteiger partial charge in [-0.25, -0.2) is 8.42 Å². The standard InChI is InChI=1S/C12H13F3N2O4S/c13-12(14,15)9-2-1-3-10(8-9)22(20,21)17-6-4-16(5-7-17)11(18)19/h1-3,8H,4-7H2,(H,18,19)/p-1. The first kappa shape index (κ1) is 16.6. The molecule has 22 heavy (non-hydrogen) atoms. The normalized spacial score (nSPS) is 17.5. The molecular weight excluding hydrogens is 325 g/mol. The Kier molecular flexibility index (Phi) is 4.34. The van der Waals surface area contributed by atoms with Crippen molar-refractivity contribution in [3.05, 3.63) is 29.8 Å². The average molecular weight is 337 g/mol. The molecule has 1 heterocycles. The first-order valence-electron chi connectivity index (χ1n) is 6.26. The SMILES string of the molecule is O=C([O-])N1CCN(S(=O)(=O)c2cccc(C(F)(F)F)c2)CC1. The lowest BCUT2D eigenvalue weighted by atomic mass is 10.2. The number of rotatable bonds is 2. The summed E-state index contributed by atoms with van der Waals surface area (Å²) < 4.78 is 63.6. The third kappa shape index (κ3) is 3.33.